The molecule has 2 aromatic rings. The van der Waals surface area contributed by atoms with Crippen LogP contribution in [0.3, 0.4) is 0 Å². The van der Waals surface area contributed by atoms with Gasteiger partial charge in [0.15, 0.2) is 0 Å². The SMILES string of the molecule is OC(CS)C(O)c1cncc(OCc2ccccc2)c1. The van der Waals surface area contributed by atoms with E-state index < -0.39 is 12.2 Å². The quantitative estimate of drug-likeness (QED) is 0.712. The van der Waals surface area contributed by atoms with Crippen LogP contribution < -0.4 is 4.74 Å². The highest BCUT2D eigenvalue weighted by molar-refractivity contribution is 7.80. The molecule has 0 bridgehead atoms. The second-order valence-electron chi connectivity index (χ2n) is 4.42. The van der Waals surface area contributed by atoms with E-state index in [0.29, 0.717) is 17.9 Å². The molecule has 0 amide bonds. The third-order valence-electron chi connectivity index (χ3n) is 2.88. The Balaban J connectivity index is 2.03. The van der Waals surface area contributed by atoms with Gasteiger partial charge in [-0.1, -0.05) is 30.3 Å². The summed E-state index contributed by atoms with van der Waals surface area (Å²) in [6, 6.07) is 11.4. The number of hydrogen-bond donors (Lipinski definition) is 3. The number of aliphatic hydroxyl groups is 2. The van der Waals surface area contributed by atoms with E-state index in [1.807, 2.05) is 30.3 Å². The molecule has 106 valence electrons. The first kappa shape index (κ1) is 14.8. The lowest BCUT2D eigenvalue weighted by Gasteiger charge is -2.16. The molecule has 1 heterocycles. The molecule has 0 aliphatic heterocycles. The zero-order chi connectivity index (χ0) is 14.4. The van der Waals surface area contributed by atoms with Gasteiger partial charge in [0.1, 0.15) is 18.5 Å². The highest BCUT2D eigenvalue weighted by Gasteiger charge is 2.17. The van der Waals surface area contributed by atoms with Gasteiger partial charge in [0, 0.05) is 17.5 Å². The molecule has 2 atom stereocenters. The van der Waals surface area contributed by atoms with Gasteiger partial charge in [-0.2, -0.15) is 12.6 Å². The van der Waals surface area contributed by atoms with Gasteiger partial charge in [0.25, 0.3) is 0 Å². The zero-order valence-corrected chi connectivity index (χ0v) is 11.8. The smallest absolute Gasteiger partial charge is 0.138 e. The van der Waals surface area contributed by atoms with Gasteiger partial charge in [-0.25, -0.2) is 0 Å². The summed E-state index contributed by atoms with van der Waals surface area (Å²) in [6.07, 6.45) is 1.14. The third-order valence-corrected chi connectivity index (χ3v) is 3.25. The van der Waals surface area contributed by atoms with Crippen LogP contribution in [0.5, 0.6) is 5.75 Å². The molecule has 5 heteroatoms. The number of pyridine rings is 1. The van der Waals surface area contributed by atoms with Gasteiger partial charge in [-0.3, -0.25) is 4.98 Å². The molecule has 0 aliphatic rings. The minimum absolute atomic E-state index is 0.177. The molecule has 1 aromatic carbocycles. The van der Waals surface area contributed by atoms with Gasteiger partial charge in [0.2, 0.25) is 0 Å². The van der Waals surface area contributed by atoms with Crippen molar-refractivity contribution in [3.63, 3.8) is 0 Å². The Morgan fingerprint density at radius 1 is 1.15 bits per heavy atom. The fourth-order valence-corrected chi connectivity index (χ4v) is 1.94. The highest BCUT2D eigenvalue weighted by atomic mass is 32.1. The number of aromatic nitrogens is 1. The van der Waals surface area contributed by atoms with Crippen LogP contribution >= 0.6 is 12.6 Å². The Bertz CT molecular complexity index is 536. The third kappa shape index (κ3) is 3.96. The van der Waals surface area contributed by atoms with Crippen LogP contribution in [0.15, 0.2) is 48.8 Å². The normalized spacial score (nSPS) is 13.8. The van der Waals surface area contributed by atoms with Crippen molar-refractivity contribution in [1.82, 2.24) is 4.98 Å². The summed E-state index contributed by atoms with van der Waals surface area (Å²) in [5, 5.41) is 19.5. The van der Waals surface area contributed by atoms with Crippen molar-refractivity contribution in [3.8, 4) is 5.75 Å². The van der Waals surface area contributed by atoms with E-state index in [0.717, 1.165) is 5.56 Å². The molecule has 2 rings (SSSR count). The summed E-state index contributed by atoms with van der Waals surface area (Å²) in [6.45, 7) is 0.428. The van der Waals surface area contributed by atoms with E-state index in [4.69, 9.17) is 4.74 Å². The van der Waals surface area contributed by atoms with Gasteiger partial charge in [-0.05, 0) is 11.6 Å². The maximum absolute atomic E-state index is 9.90. The Hall–Kier alpha value is -1.56. The van der Waals surface area contributed by atoms with Crippen molar-refractivity contribution >= 4 is 12.6 Å². The van der Waals surface area contributed by atoms with E-state index in [-0.39, 0.29) is 5.75 Å². The van der Waals surface area contributed by atoms with Crippen LogP contribution in [-0.2, 0) is 6.61 Å². The number of aliphatic hydroxyl groups excluding tert-OH is 2. The van der Waals surface area contributed by atoms with E-state index in [1.54, 1.807) is 12.3 Å². The lowest BCUT2D eigenvalue weighted by atomic mass is 10.1. The van der Waals surface area contributed by atoms with Crippen LogP contribution in [-0.4, -0.2) is 27.1 Å². The lowest BCUT2D eigenvalue weighted by molar-refractivity contribution is 0.0334. The number of hydrogen-bond acceptors (Lipinski definition) is 5. The number of ether oxygens (including phenoxy) is 1. The monoisotopic (exact) mass is 291 g/mol. The van der Waals surface area contributed by atoms with Crippen molar-refractivity contribution < 1.29 is 14.9 Å². The first-order valence-corrected chi connectivity index (χ1v) is 6.92. The molecule has 2 unspecified atom stereocenters. The van der Waals surface area contributed by atoms with E-state index in [1.165, 1.54) is 6.20 Å². The number of benzene rings is 1. The number of thiol groups is 1. The largest absolute Gasteiger partial charge is 0.487 e. The topological polar surface area (TPSA) is 62.6 Å². The predicted octanol–water partition coefficient (Wildman–Crippen LogP) is 1.98. The molecule has 0 fully saturated rings. The molecule has 0 aliphatic carbocycles. The van der Waals surface area contributed by atoms with Crippen LogP contribution in [0.2, 0.25) is 0 Å². The number of rotatable bonds is 6. The molecular formula is C15H17NO3S. The predicted molar refractivity (Wildman–Crippen MR) is 79.8 cm³/mol. The van der Waals surface area contributed by atoms with Crippen LogP contribution in [0, 0.1) is 0 Å². The van der Waals surface area contributed by atoms with E-state index in [2.05, 4.69) is 17.6 Å². The summed E-state index contributed by atoms with van der Waals surface area (Å²) in [5.41, 5.74) is 1.56. The molecular weight excluding hydrogens is 274 g/mol. The van der Waals surface area contributed by atoms with E-state index in [9.17, 15) is 10.2 Å². The van der Waals surface area contributed by atoms with Gasteiger partial charge in [-0.15, -0.1) is 0 Å². The second kappa shape index (κ2) is 7.28. The Kier molecular flexibility index (Phi) is 5.40. The van der Waals surface area contributed by atoms with E-state index >= 15 is 0 Å². The standard InChI is InChI=1S/C15H17NO3S/c17-14(10-20)15(18)12-6-13(8-16-7-12)19-9-11-4-2-1-3-5-11/h1-8,14-15,17-18,20H,9-10H2. The minimum Gasteiger partial charge on any atom is -0.487 e. The molecule has 0 radical (unpaired) electrons. The molecule has 0 saturated heterocycles. The van der Waals surface area contributed by atoms with Crippen LogP contribution in [0.1, 0.15) is 17.2 Å². The Morgan fingerprint density at radius 3 is 2.60 bits per heavy atom. The summed E-state index contributed by atoms with van der Waals surface area (Å²) in [5.74, 6) is 0.729. The van der Waals surface area contributed by atoms with Crippen molar-refractivity contribution in [2.45, 2.75) is 18.8 Å². The maximum atomic E-state index is 9.90. The average molecular weight is 291 g/mol. The summed E-state index contributed by atoms with van der Waals surface area (Å²) >= 11 is 3.96. The lowest BCUT2D eigenvalue weighted by Crippen LogP contribution is -2.19. The minimum atomic E-state index is -1.01. The van der Waals surface area contributed by atoms with Crippen LogP contribution in [0.25, 0.3) is 0 Å². The average Bonchev–Trinajstić information content (AvgIpc) is 2.52. The highest BCUT2D eigenvalue weighted by Crippen LogP contribution is 2.21. The number of nitrogens with zero attached hydrogens (tertiary/aromatic N) is 1. The fraction of sp³-hybridized carbons (Fsp3) is 0.267. The first-order chi connectivity index (χ1) is 9.70. The fourth-order valence-electron chi connectivity index (χ4n) is 1.74. The van der Waals surface area contributed by atoms with Gasteiger partial charge >= 0.3 is 0 Å². The molecule has 0 spiro atoms. The summed E-state index contributed by atoms with van der Waals surface area (Å²) in [4.78, 5) is 4.01. The molecule has 20 heavy (non-hydrogen) atoms. The maximum Gasteiger partial charge on any atom is 0.138 e. The molecule has 1 aromatic heterocycles. The molecule has 2 N–H and O–H groups in total. The first-order valence-electron chi connectivity index (χ1n) is 6.29. The van der Waals surface area contributed by atoms with Crippen molar-refractivity contribution in [1.29, 1.82) is 0 Å². The van der Waals surface area contributed by atoms with Gasteiger partial charge < -0.3 is 14.9 Å². The Morgan fingerprint density at radius 2 is 1.90 bits per heavy atom. The van der Waals surface area contributed by atoms with Crippen molar-refractivity contribution in [2.75, 3.05) is 5.75 Å². The summed E-state index contributed by atoms with van der Waals surface area (Å²) < 4.78 is 5.62. The van der Waals surface area contributed by atoms with Crippen LogP contribution in [0.4, 0.5) is 0 Å². The molecule has 0 saturated carbocycles. The second-order valence-corrected chi connectivity index (χ2v) is 4.79. The Labute approximate surface area is 123 Å². The zero-order valence-electron chi connectivity index (χ0n) is 10.9. The summed E-state index contributed by atoms with van der Waals surface area (Å²) in [7, 11) is 0. The van der Waals surface area contributed by atoms with Crippen molar-refractivity contribution in [2.24, 2.45) is 0 Å². The van der Waals surface area contributed by atoms with Crippen molar-refractivity contribution in [3.05, 3.63) is 59.9 Å². The van der Waals surface area contributed by atoms with Gasteiger partial charge in [0.05, 0.1) is 12.3 Å². The molecule has 4 nitrogen and oxygen atoms in total.